The predicted octanol–water partition coefficient (Wildman–Crippen LogP) is 3.74. The summed E-state index contributed by atoms with van der Waals surface area (Å²) in [6.07, 6.45) is 8.87. The number of aromatic nitrogens is 1. The molecule has 0 saturated carbocycles. The van der Waals surface area contributed by atoms with Crippen molar-refractivity contribution in [2.75, 3.05) is 6.54 Å². The molecule has 0 spiro atoms. The number of rotatable bonds is 8. The normalized spacial score (nSPS) is 10.4. The van der Waals surface area contributed by atoms with E-state index in [0.717, 1.165) is 30.4 Å². The lowest BCUT2D eigenvalue weighted by molar-refractivity contribution is 0.351. The van der Waals surface area contributed by atoms with Gasteiger partial charge >= 0.3 is 0 Å². The Morgan fingerprint density at radius 3 is 2.73 bits per heavy atom. The summed E-state index contributed by atoms with van der Waals surface area (Å²) < 4.78 is 5.45. The van der Waals surface area contributed by atoms with Crippen LogP contribution in [0.15, 0.2) is 47.3 Å². The second-order valence-corrected chi connectivity index (χ2v) is 5.62. The van der Waals surface area contributed by atoms with Crippen molar-refractivity contribution in [3.8, 4) is 0 Å². The molecule has 0 atom stereocenters. The maximum atomic E-state index is 5.55. The molecule has 0 bridgehead atoms. The fourth-order valence-corrected chi connectivity index (χ4v) is 2.41. The Bertz CT molecular complexity index is 542. The topological polar surface area (TPSA) is 41.3 Å². The standard InChI is InChI=1S/C17H23N3OS/c1-2-3-4-9-19-17(22)20(14-16-6-5-12-21-16)13-15-7-10-18-11-8-15/h5-8,10-12H,2-4,9,13-14H2,1H3,(H,19,22). The van der Waals surface area contributed by atoms with Crippen LogP contribution in [-0.4, -0.2) is 21.5 Å². The van der Waals surface area contributed by atoms with Crippen molar-refractivity contribution >= 4 is 17.3 Å². The summed E-state index contributed by atoms with van der Waals surface area (Å²) in [4.78, 5) is 6.18. The quantitative estimate of drug-likeness (QED) is 0.593. The maximum absolute atomic E-state index is 5.55. The van der Waals surface area contributed by atoms with Gasteiger partial charge in [0.05, 0.1) is 12.8 Å². The highest BCUT2D eigenvalue weighted by atomic mass is 32.1. The monoisotopic (exact) mass is 317 g/mol. The summed E-state index contributed by atoms with van der Waals surface area (Å²) in [5, 5.41) is 4.12. The fourth-order valence-electron chi connectivity index (χ4n) is 2.18. The van der Waals surface area contributed by atoms with Crippen LogP contribution in [0.2, 0.25) is 0 Å². The minimum absolute atomic E-state index is 0.662. The fraction of sp³-hybridized carbons (Fsp3) is 0.412. The number of pyridine rings is 1. The number of hydrogen-bond donors (Lipinski definition) is 1. The molecule has 5 heteroatoms. The SMILES string of the molecule is CCCCCNC(=S)N(Cc1ccncc1)Cc1ccco1. The Hall–Kier alpha value is -1.88. The van der Waals surface area contributed by atoms with Crippen molar-refractivity contribution in [3.63, 3.8) is 0 Å². The van der Waals surface area contributed by atoms with Gasteiger partial charge in [-0.2, -0.15) is 0 Å². The maximum Gasteiger partial charge on any atom is 0.169 e. The van der Waals surface area contributed by atoms with Crippen LogP contribution in [0.1, 0.15) is 37.5 Å². The molecule has 2 aromatic rings. The number of nitrogens with one attached hydrogen (secondary N) is 1. The van der Waals surface area contributed by atoms with E-state index in [0.29, 0.717) is 6.54 Å². The van der Waals surface area contributed by atoms with Gasteiger partial charge in [0, 0.05) is 25.5 Å². The van der Waals surface area contributed by atoms with Crippen molar-refractivity contribution in [1.29, 1.82) is 0 Å². The third-order valence-corrected chi connectivity index (χ3v) is 3.80. The molecule has 0 amide bonds. The van der Waals surface area contributed by atoms with E-state index in [2.05, 4.69) is 22.1 Å². The van der Waals surface area contributed by atoms with Gasteiger partial charge in [-0.25, -0.2) is 0 Å². The van der Waals surface area contributed by atoms with E-state index >= 15 is 0 Å². The van der Waals surface area contributed by atoms with Crippen molar-refractivity contribution in [2.45, 2.75) is 39.3 Å². The van der Waals surface area contributed by atoms with E-state index in [1.54, 1.807) is 18.7 Å². The molecule has 4 nitrogen and oxygen atoms in total. The lowest BCUT2D eigenvalue weighted by Crippen LogP contribution is -2.39. The summed E-state index contributed by atoms with van der Waals surface area (Å²) in [6, 6.07) is 7.89. The van der Waals surface area contributed by atoms with Crippen molar-refractivity contribution in [1.82, 2.24) is 15.2 Å². The molecule has 0 aliphatic heterocycles. The van der Waals surface area contributed by atoms with E-state index < -0.39 is 0 Å². The molecule has 0 aliphatic carbocycles. The van der Waals surface area contributed by atoms with Crippen LogP contribution in [0.3, 0.4) is 0 Å². The third kappa shape index (κ3) is 5.48. The largest absolute Gasteiger partial charge is 0.467 e. The Kier molecular flexibility index (Phi) is 6.90. The first-order valence-electron chi connectivity index (χ1n) is 7.73. The van der Waals surface area contributed by atoms with Crippen LogP contribution in [0.25, 0.3) is 0 Å². The van der Waals surface area contributed by atoms with Crippen LogP contribution >= 0.6 is 12.2 Å². The molecule has 22 heavy (non-hydrogen) atoms. The van der Waals surface area contributed by atoms with E-state index in [-0.39, 0.29) is 0 Å². The Balaban J connectivity index is 1.96. The Labute approximate surface area is 137 Å². The van der Waals surface area contributed by atoms with Crippen LogP contribution in [0.4, 0.5) is 0 Å². The van der Waals surface area contributed by atoms with Crippen LogP contribution < -0.4 is 5.32 Å². The molecule has 0 aromatic carbocycles. The number of unbranched alkanes of at least 4 members (excludes halogenated alkanes) is 2. The molecular formula is C17H23N3OS. The lowest BCUT2D eigenvalue weighted by atomic mass is 10.2. The minimum atomic E-state index is 0.662. The molecule has 118 valence electrons. The molecule has 0 fully saturated rings. The zero-order valence-electron chi connectivity index (χ0n) is 13.0. The number of furan rings is 1. The first-order chi connectivity index (χ1) is 10.8. The Morgan fingerprint density at radius 1 is 1.23 bits per heavy atom. The van der Waals surface area contributed by atoms with Crippen molar-refractivity contribution < 1.29 is 4.42 Å². The van der Waals surface area contributed by atoms with Crippen LogP contribution in [-0.2, 0) is 13.1 Å². The molecule has 0 radical (unpaired) electrons. The molecule has 2 aromatic heterocycles. The van der Waals surface area contributed by atoms with Crippen LogP contribution in [0.5, 0.6) is 0 Å². The highest BCUT2D eigenvalue weighted by molar-refractivity contribution is 7.80. The first kappa shape index (κ1) is 16.5. The summed E-state index contributed by atoms with van der Waals surface area (Å²) in [5.41, 5.74) is 1.18. The predicted molar refractivity (Wildman–Crippen MR) is 92.3 cm³/mol. The molecular weight excluding hydrogens is 294 g/mol. The summed E-state index contributed by atoms with van der Waals surface area (Å²) in [6.45, 7) is 4.51. The van der Waals surface area contributed by atoms with E-state index in [1.165, 1.54) is 18.4 Å². The second-order valence-electron chi connectivity index (χ2n) is 5.23. The van der Waals surface area contributed by atoms with Gasteiger partial charge in [-0.05, 0) is 48.5 Å². The molecule has 1 N–H and O–H groups in total. The molecule has 0 unspecified atom stereocenters. The van der Waals surface area contributed by atoms with Gasteiger partial charge in [-0.3, -0.25) is 4.98 Å². The van der Waals surface area contributed by atoms with Gasteiger partial charge in [-0.15, -0.1) is 0 Å². The average molecular weight is 317 g/mol. The van der Waals surface area contributed by atoms with Gasteiger partial charge in [0.1, 0.15) is 5.76 Å². The van der Waals surface area contributed by atoms with E-state index in [1.807, 2.05) is 24.3 Å². The van der Waals surface area contributed by atoms with Crippen molar-refractivity contribution in [2.24, 2.45) is 0 Å². The zero-order valence-corrected chi connectivity index (χ0v) is 13.8. The number of nitrogens with zero attached hydrogens (tertiary/aromatic N) is 2. The minimum Gasteiger partial charge on any atom is -0.467 e. The lowest BCUT2D eigenvalue weighted by Gasteiger charge is -2.25. The van der Waals surface area contributed by atoms with Gasteiger partial charge < -0.3 is 14.6 Å². The van der Waals surface area contributed by atoms with Gasteiger partial charge in [0.15, 0.2) is 5.11 Å². The average Bonchev–Trinajstić information content (AvgIpc) is 3.05. The second kappa shape index (κ2) is 9.20. The highest BCUT2D eigenvalue weighted by Gasteiger charge is 2.12. The highest BCUT2D eigenvalue weighted by Crippen LogP contribution is 2.10. The number of thiocarbonyl (C=S) groups is 1. The van der Waals surface area contributed by atoms with Gasteiger partial charge in [-0.1, -0.05) is 19.8 Å². The van der Waals surface area contributed by atoms with E-state index in [4.69, 9.17) is 16.6 Å². The molecule has 2 rings (SSSR count). The van der Waals surface area contributed by atoms with Crippen LogP contribution in [0, 0.1) is 0 Å². The van der Waals surface area contributed by atoms with E-state index in [9.17, 15) is 0 Å². The van der Waals surface area contributed by atoms with Gasteiger partial charge in [0.25, 0.3) is 0 Å². The van der Waals surface area contributed by atoms with Crippen molar-refractivity contribution in [3.05, 3.63) is 54.2 Å². The zero-order chi connectivity index (χ0) is 15.6. The molecule has 0 saturated heterocycles. The molecule has 0 aliphatic rings. The number of hydrogen-bond acceptors (Lipinski definition) is 3. The summed E-state index contributed by atoms with van der Waals surface area (Å²) >= 11 is 5.55. The van der Waals surface area contributed by atoms with Gasteiger partial charge in [0.2, 0.25) is 0 Å². The summed E-state index contributed by atoms with van der Waals surface area (Å²) in [7, 11) is 0. The smallest absolute Gasteiger partial charge is 0.169 e. The summed E-state index contributed by atoms with van der Waals surface area (Å²) in [5.74, 6) is 0.909. The third-order valence-electron chi connectivity index (χ3n) is 3.39. The first-order valence-corrected chi connectivity index (χ1v) is 8.14. The Morgan fingerprint density at radius 2 is 2.05 bits per heavy atom. The molecule has 2 heterocycles.